The maximum atomic E-state index is 12.4. The van der Waals surface area contributed by atoms with E-state index in [1.807, 2.05) is 89.9 Å². The molecule has 2 fully saturated rings. The lowest BCUT2D eigenvalue weighted by Crippen LogP contribution is -2.41. The summed E-state index contributed by atoms with van der Waals surface area (Å²) in [7, 11) is 3.15. The summed E-state index contributed by atoms with van der Waals surface area (Å²) in [6.45, 7) is 5.21. The zero-order valence-corrected chi connectivity index (χ0v) is 39.2. The number of carbonyl (C=O) groups is 4. The normalized spacial score (nSPS) is 13.8. The molecule has 350 valence electrons. The molecule has 2 atom stereocenters. The number of hydrogen-bond donors (Lipinski definition) is 4. The number of rotatable bonds is 11. The molecule has 2 aliphatic rings. The predicted octanol–water partition coefficient (Wildman–Crippen LogP) is 8.35. The Hall–Kier alpha value is -7.69. The molecule has 16 heteroatoms. The average Bonchev–Trinajstić information content (AvgIpc) is 4.25. The molecule has 4 aromatic carbocycles. The fourth-order valence-electron chi connectivity index (χ4n) is 7.99. The summed E-state index contributed by atoms with van der Waals surface area (Å²) < 4.78 is 5.96. The van der Waals surface area contributed by atoms with Crippen LogP contribution in [0, 0.1) is 0 Å². The van der Waals surface area contributed by atoms with Crippen LogP contribution in [0.4, 0.5) is 0 Å². The average molecular weight is 933 g/mol. The number of carbonyl (C=O) groups excluding carboxylic acids is 4. The number of likely N-dealkylation sites (N-methyl/N-ethyl adjacent to an activating group) is 1. The molecule has 8 aromatic rings. The second kappa shape index (κ2) is 24.2. The first-order chi connectivity index (χ1) is 33.3. The number of likely N-dealkylation sites (tertiary alicyclic amines) is 2. The van der Waals surface area contributed by atoms with Crippen molar-refractivity contribution >= 4 is 40.5 Å². The predicted molar refractivity (Wildman–Crippen MR) is 265 cm³/mol. The molecule has 2 aliphatic heterocycles. The first kappa shape index (κ1) is 48.2. The van der Waals surface area contributed by atoms with Gasteiger partial charge in [0.25, 0.3) is 6.47 Å². The van der Waals surface area contributed by atoms with Crippen LogP contribution in [0.15, 0.2) is 147 Å². The molecule has 0 bridgehead atoms. The topological polar surface area (TPSA) is 183 Å². The van der Waals surface area contributed by atoms with Gasteiger partial charge in [-0.1, -0.05) is 121 Å². The molecule has 2 unspecified atom stereocenters. The van der Waals surface area contributed by atoms with Gasteiger partial charge in [-0.2, -0.15) is 0 Å². The molecule has 4 aromatic heterocycles. The Bertz CT molecular complexity index is 2640. The number of imidazole rings is 3. The lowest BCUT2D eigenvalue weighted by Gasteiger charge is -2.23. The van der Waals surface area contributed by atoms with Gasteiger partial charge in [0.05, 0.1) is 54.1 Å². The van der Waals surface area contributed by atoms with Crippen molar-refractivity contribution in [3.05, 3.63) is 158 Å². The van der Waals surface area contributed by atoms with Crippen LogP contribution in [-0.4, -0.2) is 104 Å². The number of aromatic amines is 2. The number of H-pyrrole nitrogens is 2. The largest absolute Gasteiger partial charge is 0.471 e. The van der Waals surface area contributed by atoms with E-state index >= 15 is 0 Å². The third-order valence-electron chi connectivity index (χ3n) is 11.5. The van der Waals surface area contributed by atoms with Crippen LogP contribution >= 0.6 is 11.3 Å². The number of amides is 3. The standard InChI is InChI=1S/C23H16N6S.C14H18N2O2.C13H18N2O.C2H4O2/c1-3-17(4-2-15(1)19-9-24-13-26-19)21-11-29-12-22(30-23(29)28-21)18-7-5-16(6-8-18)20-10-25-14-27-20;1-11(17)15-13(12-7-3-2-4-8-12)14(18)16-9-5-6-10-16;1-14-12(11-7-3-2-4-8-11)13(16)15-9-5-6-10-15;1-4-2-3/h1-14H,(H,24,26)(H,25,27);2-4,7-8,13H,5-6,9-10H2,1H3,(H,15,17);2-4,7-8,12,14H,5-6,9-10H2,1H3;2H,1H3. The summed E-state index contributed by atoms with van der Waals surface area (Å²) in [5.74, 6) is 0.0106. The van der Waals surface area contributed by atoms with Crippen molar-refractivity contribution in [2.75, 3.05) is 40.3 Å². The van der Waals surface area contributed by atoms with Crippen molar-refractivity contribution in [3.63, 3.8) is 0 Å². The first-order valence-corrected chi connectivity index (χ1v) is 23.3. The van der Waals surface area contributed by atoms with E-state index in [0.29, 0.717) is 6.47 Å². The third-order valence-corrected chi connectivity index (χ3v) is 12.5. The van der Waals surface area contributed by atoms with Crippen LogP contribution in [0.3, 0.4) is 0 Å². The second-order valence-corrected chi connectivity index (χ2v) is 17.1. The lowest BCUT2D eigenvalue weighted by molar-refractivity contribution is -0.135. The van der Waals surface area contributed by atoms with Gasteiger partial charge in [-0.15, -0.1) is 0 Å². The number of nitrogens with zero attached hydrogens (tertiary/aromatic N) is 6. The van der Waals surface area contributed by atoms with Crippen LogP contribution in [0.25, 0.3) is 49.2 Å². The van der Waals surface area contributed by atoms with Gasteiger partial charge in [0.15, 0.2) is 4.96 Å². The zero-order chi connectivity index (χ0) is 47.7. The monoisotopic (exact) mass is 932 g/mol. The second-order valence-electron chi connectivity index (χ2n) is 16.1. The van der Waals surface area contributed by atoms with Crippen LogP contribution in [-0.2, 0) is 23.9 Å². The van der Waals surface area contributed by atoms with Crippen LogP contribution in [0.2, 0.25) is 0 Å². The fraction of sp³-hybridized carbons (Fsp3) is 0.250. The van der Waals surface area contributed by atoms with E-state index < -0.39 is 6.04 Å². The molecule has 6 heterocycles. The molecule has 0 radical (unpaired) electrons. The van der Waals surface area contributed by atoms with Gasteiger partial charge in [-0.05, 0) is 60.5 Å². The maximum Gasteiger partial charge on any atom is 0.292 e. The van der Waals surface area contributed by atoms with Gasteiger partial charge in [-0.3, -0.25) is 23.6 Å². The van der Waals surface area contributed by atoms with E-state index in [9.17, 15) is 14.4 Å². The van der Waals surface area contributed by atoms with Gasteiger partial charge < -0.3 is 35.1 Å². The van der Waals surface area contributed by atoms with Gasteiger partial charge in [0.2, 0.25) is 17.7 Å². The number of hydrogen-bond acceptors (Lipinski definition) is 10. The van der Waals surface area contributed by atoms with Gasteiger partial charge >= 0.3 is 0 Å². The number of benzene rings is 4. The first-order valence-electron chi connectivity index (χ1n) is 22.5. The number of methoxy groups -OCH3 is 1. The lowest BCUT2D eigenvalue weighted by atomic mass is 10.1. The number of aromatic nitrogens is 6. The summed E-state index contributed by atoms with van der Waals surface area (Å²) in [6.07, 6.45) is 15.6. The summed E-state index contributed by atoms with van der Waals surface area (Å²) in [5, 5.41) is 5.85. The van der Waals surface area contributed by atoms with Crippen LogP contribution < -0.4 is 10.6 Å². The summed E-state index contributed by atoms with van der Waals surface area (Å²) in [4.78, 5) is 70.1. The Morgan fingerprint density at radius 3 is 1.54 bits per heavy atom. The molecule has 2 saturated heterocycles. The van der Waals surface area contributed by atoms with Crippen LogP contribution in [0.1, 0.15) is 55.8 Å². The smallest absolute Gasteiger partial charge is 0.292 e. The molecule has 15 nitrogen and oxygen atoms in total. The minimum atomic E-state index is -0.554. The highest BCUT2D eigenvalue weighted by Crippen LogP contribution is 2.32. The van der Waals surface area contributed by atoms with Crippen molar-refractivity contribution < 1.29 is 23.9 Å². The molecule has 3 amide bonds. The molecule has 0 aliphatic carbocycles. The summed E-state index contributed by atoms with van der Waals surface area (Å²) >= 11 is 1.69. The Morgan fingerprint density at radius 1 is 0.662 bits per heavy atom. The fourth-order valence-corrected chi connectivity index (χ4v) is 8.96. The van der Waals surface area contributed by atoms with Crippen molar-refractivity contribution in [3.8, 4) is 44.2 Å². The van der Waals surface area contributed by atoms with Crippen molar-refractivity contribution in [2.24, 2.45) is 0 Å². The maximum absolute atomic E-state index is 12.4. The molecular formula is C52H56N10O5S. The summed E-state index contributed by atoms with van der Waals surface area (Å²) in [6, 6.07) is 35.4. The van der Waals surface area contributed by atoms with E-state index in [2.05, 4.69) is 101 Å². The summed E-state index contributed by atoms with van der Waals surface area (Å²) in [5.41, 5.74) is 9.39. The number of fused-ring (bicyclic) bond motifs is 1. The zero-order valence-electron chi connectivity index (χ0n) is 38.4. The Balaban J connectivity index is 0.000000155. The van der Waals surface area contributed by atoms with Crippen molar-refractivity contribution in [2.45, 2.75) is 44.7 Å². The van der Waals surface area contributed by atoms with E-state index in [-0.39, 0.29) is 23.8 Å². The molecule has 10 rings (SSSR count). The van der Waals surface area contributed by atoms with Gasteiger partial charge in [0.1, 0.15) is 12.1 Å². The molecular weight excluding hydrogens is 877 g/mol. The Labute approximate surface area is 399 Å². The van der Waals surface area contributed by atoms with Crippen LogP contribution in [0.5, 0.6) is 0 Å². The molecule has 4 N–H and O–H groups in total. The molecule has 0 spiro atoms. The highest BCUT2D eigenvalue weighted by molar-refractivity contribution is 7.20. The SMILES string of the molecule is CC(=O)NC(C(=O)N1CCCC1)c1ccccc1.CNC(C(=O)N1CCCC1)c1ccccc1.COC=O.c1ncc(-c2ccc(-c3cn4cc(-c5ccc(-c6cnc[nH]6)cc5)sc4n3)cc2)[nH]1. The minimum absolute atomic E-state index is 0.00565. The highest BCUT2D eigenvalue weighted by Gasteiger charge is 2.28. The Morgan fingerprint density at radius 2 is 1.12 bits per heavy atom. The van der Waals surface area contributed by atoms with E-state index in [0.717, 1.165) is 102 Å². The van der Waals surface area contributed by atoms with E-state index in [1.54, 1.807) is 24.0 Å². The van der Waals surface area contributed by atoms with E-state index in [1.165, 1.54) is 24.5 Å². The highest BCUT2D eigenvalue weighted by atomic mass is 32.1. The molecule has 68 heavy (non-hydrogen) atoms. The Kier molecular flexibility index (Phi) is 17.2. The number of ether oxygens (including phenoxy) is 1. The van der Waals surface area contributed by atoms with Gasteiger partial charge in [-0.25, -0.2) is 15.0 Å². The quantitative estimate of drug-likeness (QED) is 0.0927. The van der Waals surface area contributed by atoms with Crippen molar-refractivity contribution in [1.29, 1.82) is 0 Å². The number of thiazole rings is 1. The minimum Gasteiger partial charge on any atom is -0.471 e. The molecule has 0 saturated carbocycles. The van der Waals surface area contributed by atoms with Crippen molar-refractivity contribution in [1.82, 2.24) is 49.8 Å². The van der Waals surface area contributed by atoms with Gasteiger partial charge in [0, 0.05) is 51.1 Å². The third kappa shape index (κ3) is 12.6. The number of nitrogens with one attached hydrogen (secondary N) is 4. The van der Waals surface area contributed by atoms with E-state index in [4.69, 9.17) is 9.78 Å².